The molecule has 0 saturated heterocycles. The van der Waals surface area contributed by atoms with Crippen LogP contribution in [0.2, 0.25) is 0 Å². The Bertz CT molecular complexity index is 505. The van der Waals surface area contributed by atoms with E-state index >= 15 is 0 Å². The fourth-order valence-corrected chi connectivity index (χ4v) is 2.37. The lowest BCUT2D eigenvalue weighted by atomic mass is 9.81. The van der Waals surface area contributed by atoms with Gasteiger partial charge in [0, 0.05) is 11.0 Å². The smallest absolute Gasteiger partial charge is 0.337 e. The molecule has 110 valence electrons. The van der Waals surface area contributed by atoms with Gasteiger partial charge in [-0.1, -0.05) is 29.8 Å². The third kappa shape index (κ3) is 3.37. The molecule has 0 atom stereocenters. The Morgan fingerprint density at radius 1 is 1.35 bits per heavy atom. The fraction of sp³-hybridized carbons (Fsp3) is 0.429. The minimum Gasteiger partial charge on any atom is -0.478 e. The number of anilines is 1. The van der Waals surface area contributed by atoms with Crippen LogP contribution < -0.4 is 11.1 Å². The molecule has 0 aliphatic carbocycles. The summed E-state index contributed by atoms with van der Waals surface area (Å²) in [5, 5.41) is 11.9. The molecule has 1 rings (SSSR count). The quantitative estimate of drug-likeness (QED) is 0.741. The number of rotatable bonds is 6. The highest BCUT2D eigenvalue weighted by molar-refractivity contribution is 9.10. The summed E-state index contributed by atoms with van der Waals surface area (Å²) < 4.78 is 0.643. The number of carbonyl (C=O) groups is 2. The van der Waals surface area contributed by atoms with Gasteiger partial charge >= 0.3 is 5.97 Å². The highest BCUT2D eigenvalue weighted by atomic mass is 79.9. The molecule has 0 heterocycles. The molecular weight excluding hydrogens is 324 g/mol. The molecule has 4 N–H and O–H groups in total. The molecule has 5 nitrogen and oxygen atoms in total. The standard InChI is InChI=1S/C14H19BrN2O3/c1-3-14(4-2,8-16)13(20)17-11-6-5-9(15)7-10(11)12(18)19/h5-7H,3-4,8,16H2,1-2H3,(H,17,20)(H,18,19). The first-order valence-electron chi connectivity index (χ1n) is 6.44. The number of carbonyl (C=O) groups excluding carboxylic acids is 1. The predicted octanol–water partition coefficient (Wildman–Crippen LogP) is 2.85. The predicted molar refractivity (Wildman–Crippen MR) is 81.8 cm³/mol. The Balaban J connectivity index is 3.10. The van der Waals surface area contributed by atoms with Crippen LogP contribution in [0.15, 0.2) is 22.7 Å². The number of nitrogens with one attached hydrogen (secondary N) is 1. The molecule has 0 unspecified atom stereocenters. The van der Waals surface area contributed by atoms with Crippen LogP contribution in [0.5, 0.6) is 0 Å². The molecule has 0 fully saturated rings. The van der Waals surface area contributed by atoms with Crippen LogP contribution in [0.3, 0.4) is 0 Å². The van der Waals surface area contributed by atoms with Gasteiger partial charge in [-0.05, 0) is 31.0 Å². The van der Waals surface area contributed by atoms with Crippen molar-refractivity contribution in [2.24, 2.45) is 11.1 Å². The van der Waals surface area contributed by atoms with Crippen LogP contribution in [0.1, 0.15) is 37.0 Å². The van der Waals surface area contributed by atoms with Crippen molar-refractivity contribution in [1.29, 1.82) is 0 Å². The second-order valence-electron chi connectivity index (χ2n) is 4.64. The summed E-state index contributed by atoms with van der Waals surface area (Å²) in [4.78, 5) is 23.6. The molecule has 1 amide bonds. The lowest BCUT2D eigenvalue weighted by Crippen LogP contribution is -2.41. The molecule has 0 bridgehead atoms. The first kappa shape index (κ1) is 16.7. The molecule has 0 radical (unpaired) electrons. The summed E-state index contributed by atoms with van der Waals surface area (Å²) in [5.41, 5.74) is 5.39. The van der Waals surface area contributed by atoms with E-state index in [4.69, 9.17) is 5.73 Å². The third-order valence-corrected chi connectivity index (χ3v) is 4.18. The minimum atomic E-state index is -1.09. The van der Waals surface area contributed by atoms with Gasteiger partial charge in [0.2, 0.25) is 5.91 Å². The monoisotopic (exact) mass is 342 g/mol. The summed E-state index contributed by atoms with van der Waals surface area (Å²) in [6.07, 6.45) is 1.20. The van der Waals surface area contributed by atoms with Crippen molar-refractivity contribution in [2.75, 3.05) is 11.9 Å². The van der Waals surface area contributed by atoms with E-state index in [9.17, 15) is 14.7 Å². The summed E-state index contributed by atoms with van der Waals surface area (Å²) in [7, 11) is 0. The Labute approximate surface area is 126 Å². The summed E-state index contributed by atoms with van der Waals surface area (Å²) >= 11 is 3.22. The largest absolute Gasteiger partial charge is 0.478 e. The summed E-state index contributed by atoms with van der Waals surface area (Å²) in [6, 6.07) is 4.71. The maximum Gasteiger partial charge on any atom is 0.337 e. The fourth-order valence-electron chi connectivity index (χ4n) is 2.01. The van der Waals surface area contributed by atoms with Gasteiger partial charge in [0.15, 0.2) is 0 Å². The van der Waals surface area contributed by atoms with E-state index < -0.39 is 11.4 Å². The second kappa shape index (κ2) is 6.85. The molecule has 0 aliphatic rings. The molecule has 1 aromatic rings. The average Bonchev–Trinajstić information content (AvgIpc) is 2.43. The molecule has 20 heavy (non-hydrogen) atoms. The van der Waals surface area contributed by atoms with Crippen LogP contribution >= 0.6 is 15.9 Å². The summed E-state index contributed by atoms with van der Waals surface area (Å²) in [5.74, 6) is -1.33. The van der Waals surface area contributed by atoms with Gasteiger partial charge in [-0.15, -0.1) is 0 Å². The van der Waals surface area contributed by atoms with Crippen LogP contribution in [-0.2, 0) is 4.79 Å². The van der Waals surface area contributed by atoms with Crippen molar-refractivity contribution in [3.05, 3.63) is 28.2 Å². The molecular formula is C14H19BrN2O3. The van der Waals surface area contributed by atoms with Crippen molar-refractivity contribution < 1.29 is 14.7 Å². The van der Waals surface area contributed by atoms with Gasteiger partial charge in [0.05, 0.1) is 16.7 Å². The van der Waals surface area contributed by atoms with E-state index in [2.05, 4.69) is 21.2 Å². The molecule has 1 aromatic carbocycles. The van der Waals surface area contributed by atoms with Gasteiger partial charge in [-0.25, -0.2) is 4.79 Å². The lowest BCUT2D eigenvalue weighted by Gasteiger charge is -2.28. The number of amides is 1. The first-order chi connectivity index (χ1) is 9.40. The van der Waals surface area contributed by atoms with E-state index in [0.717, 1.165) is 0 Å². The van der Waals surface area contributed by atoms with Gasteiger partial charge in [0.25, 0.3) is 0 Å². The minimum absolute atomic E-state index is 0.0471. The van der Waals surface area contributed by atoms with Crippen molar-refractivity contribution in [3.63, 3.8) is 0 Å². The Kier molecular flexibility index (Phi) is 5.71. The maximum absolute atomic E-state index is 12.4. The number of benzene rings is 1. The second-order valence-corrected chi connectivity index (χ2v) is 5.56. The van der Waals surface area contributed by atoms with Crippen molar-refractivity contribution in [2.45, 2.75) is 26.7 Å². The average molecular weight is 343 g/mol. The van der Waals surface area contributed by atoms with Gasteiger partial charge in [-0.2, -0.15) is 0 Å². The van der Waals surface area contributed by atoms with Crippen LogP contribution in [0, 0.1) is 5.41 Å². The van der Waals surface area contributed by atoms with Gasteiger partial charge in [0.1, 0.15) is 0 Å². The van der Waals surface area contributed by atoms with Crippen molar-refractivity contribution >= 4 is 33.5 Å². The first-order valence-corrected chi connectivity index (χ1v) is 7.23. The maximum atomic E-state index is 12.4. The van der Waals surface area contributed by atoms with Crippen molar-refractivity contribution in [3.8, 4) is 0 Å². The molecule has 6 heteroatoms. The SMILES string of the molecule is CCC(CC)(CN)C(=O)Nc1ccc(Br)cc1C(=O)O. The molecule has 0 saturated carbocycles. The number of nitrogens with two attached hydrogens (primary N) is 1. The molecule has 0 spiro atoms. The Hall–Kier alpha value is -1.40. The number of hydrogen-bond acceptors (Lipinski definition) is 3. The zero-order chi connectivity index (χ0) is 15.3. The van der Waals surface area contributed by atoms with Crippen molar-refractivity contribution in [1.82, 2.24) is 0 Å². The topological polar surface area (TPSA) is 92.4 Å². The normalized spacial score (nSPS) is 11.2. The number of hydrogen-bond donors (Lipinski definition) is 3. The van der Waals surface area contributed by atoms with Crippen LogP contribution in [0.25, 0.3) is 0 Å². The molecule has 0 aromatic heterocycles. The number of halogens is 1. The molecule has 0 aliphatic heterocycles. The van der Waals surface area contributed by atoms with E-state index in [0.29, 0.717) is 17.3 Å². The third-order valence-electron chi connectivity index (χ3n) is 3.69. The Morgan fingerprint density at radius 3 is 2.40 bits per heavy atom. The number of aromatic carboxylic acids is 1. The van der Waals surface area contributed by atoms with E-state index in [1.54, 1.807) is 12.1 Å². The van der Waals surface area contributed by atoms with Gasteiger partial charge < -0.3 is 16.2 Å². The zero-order valence-corrected chi connectivity index (χ0v) is 13.2. The Morgan fingerprint density at radius 2 is 1.95 bits per heavy atom. The number of carboxylic acid groups (broad SMARTS) is 1. The number of carboxylic acids is 1. The zero-order valence-electron chi connectivity index (χ0n) is 11.6. The van der Waals surface area contributed by atoms with Crippen LogP contribution in [-0.4, -0.2) is 23.5 Å². The highest BCUT2D eigenvalue weighted by Crippen LogP contribution is 2.28. The van der Waals surface area contributed by atoms with E-state index in [1.807, 2.05) is 13.8 Å². The summed E-state index contributed by atoms with van der Waals surface area (Å²) in [6.45, 7) is 4.02. The van der Waals surface area contributed by atoms with E-state index in [1.165, 1.54) is 6.07 Å². The van der Waals surface area contributed by atoms with E-state index in [-0.39, 0.29) is 23.7 Å². The van der Waals surface area contributed by atoms with Crippen LogP contribution in [0.4, 0.5) is 5.69 Å². The highest BCUT2D eigenvalue weighted by Gasteiger charge is 2.33. The lowest BCUT2D eigenvalue weighted by molar-refractivity contribution is -0.125. The van der Waals surface area contributed by atoms with Gasteiger partial charge in [-0.3, -0.25) is 4.79 Å².